The van der Waals surface area contributed by atoms with Crippen molar-refractivity contribution in [3.8, 4) is 0 Å². The fraction of sp³-hybridized carbons (Fsp3) is 0.647. The van der Waals surface area contributed by atoms with Crippen LogP contribution in [0.1, 0.15) is 46.1 Å². The highest BCUT2D eigenvalue weighted by Crippen LogP contribution is 2.37. The summed E-state index contributed by atoms with van der Waals surface area (Å²) in [5, 5.41) is 0. The zero-order valence-electron chi connectivity index (χ0n) is 15.9. The number of nitrogens with one attached hydrogen (secondary N) is 1. The van der Waals surface area contributed by atoms with Crippen LogP contribution < -0.4 is 10.2 Å². The highest BCUT2D eigenvalue weighted by atomic mass is 32.2. The first-order valence-electron chi connectivity index (χ1n) is 8.86. The average molecular weight is 384 g/mol. The van der Waals surface area contributed by atoms with Gasteiger partial charge in [-0.25, -0.2) is 4.39 Å². The summed E-state index contributed by atoms with van der Waals surface area (Å²) >= 11 is 0. The largest absolute Gasteiger partial charge is 0.497 e. The Morgan fingerprint density at radius 2 is 1.65 bits per heavy atom. The molecule has 0 amide bonds. The Morgan fingerprint density at radius 3 is 2.19 bits per heavy atom. The van der Waals surface area contributed by atoms with E-state index >= 15 is 4.39 Å². The lowest BCUT2D eigenvalue weighted by Crippen LogP contribution is -2.41. The summed E-state index contributed by atoms with van der Waals surface area (Å²) in [6.45, 7) is 10.2. The number of hydrogen-bond donors (Lipinski definition) is 1. The Kier molecular flexibility index (Phi) is 4.88. The molecule has 1 aromatic rings. The van der Waals surface area contributed by atoms with Gasteiger partial charge in [-0.15, -0.1) is 0 Å². The molecule has 0 aliphatic carbocycles. The second-order valence-corrected chi connectivity index (χ2v) is 9.69. The van der Waals surface area contributed by atoms with Crippen LogP contribution in [-0.2, 0) is 19.5 Å². The van der Waals surface area contributed by atoms with Crippen LogP contribution in [0.2, 0.25) is 0 Å². The van der Waals surface area contributed by atoms with E-state index in [0.29, 0.717) is 13.1 Å². The monoisotopic (exact) mass is 384 g/mol. The molecule has 1 aromatic carbocycles. The van der Waals surface area contributed by atoms with Crippen molar-refractivity contribution in [2.45, 2.75) is 58.7 Å². The number of hydrogen-bond acceptors (Lipinski definition) is 4. The Labute approximate surface area is 155 Å². The second-order valence-electron chi connectivity index (χ2n) is 8.02. The lowest BCUT2D eigenvalue weighted by Gasteiger charge is -2.32. The third-order valence-corrected chi connectivity index (χ3v) is 6.92. The van der Waals surface area contributed by atoms with Crippen LogP contribution in [-0.4, -0.2) is 44.1 Å². The van der Waals surface area contributed by atoms with Gasteiger partial charge in [0.05, 0.1) is 16.9 Å². The third kappa shape index (κ3) is 3.50. The number of benzene rings is 1. The van der Waals surface area contributed by atoms with Crippen molar-refractivity contribution in [1.82, 2.24) is 4.31 Å². The van der Waals surface area contributed by atoms with Gasteiger partial charge < -0.3 is 9.31 Å². The smallest absolute Gasteiger partial charge is 0.399 e. The van der Waals surface area contributed by atoms with Crippen molar-refractivity contribution in [2.75, 3.05) is 17.8 Å². The summed E-state index contributed by atoms with van der Waals surface area (Å²) in [7, 11) is -4.67. The van der Waals surface area contributed by atoms with Gasteiger partial charge in [0.1, 0.15) is 5.82 Å². The lowest BCUT2D eigenvalue weighted by atomic mass is 9.77. The molecule has 0 atom stereocenters. The number of nitrogens with zero attached hydrogens (tertiary/aromatic N) is 1. The molecular formula is C17H26BFN2O4S. The van der Waals surface area contributed by atoms with E-state index in [9.17, 15) is 8.42 Å². The van der Waals surface area contributed by atoms with Crippen molar-refractivity contribution < 1.29 is 22.1 Å². The molecular weight excluding hydrogens is 358 g/mol. The normalized spacial score (nSPS) is 22.8. The third-order valence-electron chi connectivity index (χ3n) is 5.40. The molecule has 144 valence electrons. The fourth-order valence-electron chi connectivity index (χ4n) is 3.14. The minimum atomic E-state index is -3.78. The van der Waals surface area contributed by atoms with Gasteiger partial charge in [-0.2, -0.15) is 12.7 Å². The molecule has 0 aromatic heterocycles. The number of halogens is 1. The molecule has 0 radical (unpaired) electrons. The molecule has 9 heteroatoms. The lowest BCUT2D eigenvalue weighted by molar-refractivity contribution is 0.00578. The molecule has 2 aliphatic rings. The minimum Gasteiger partial charge on any atom is -0.399 e. The number of anilines is 1. The molecule has 0 bridgehead atoms. The Morgan fingerprint density at radius 1 is 1.12 bits per heavy atom. The maximum Gasteiger partial charge on any atom is 0.497 e. The molecule has 2 saturated heterocycles. The van der Waals surface area contributed by atoms with E-state index < -0.39 is 34.3 Å². The van der Waals surface area contributed by atoms with Crippen LogP contribution in [0.4, 0.5) is 10.1 Å². The predicted molar refractivity (Wildman–Crippen MR) is 100 cm³/mol. The SMILES string of the molecule is Cc1cc(NS(=O)(=O)N2CCCC2)c(F)c(B2OC(C)(C)C(C)(C)O2)c1. The van der Waals surface area contributed by atoms with Gasteiger partial charge in [-0.1, -0.05) is 6.07 Å². The van der Waals surface area contributed by atoms with Crippen molar-refractivity contribution in [3.05, 3.63) is 23.5 Å². The van der Waals surface area contributed by atoms with E-state index in [1.807, 2.05) is 27.7 Å². The zero-order chi connectivity index (χ0) is 19.3. The molecule has 2 fully saturated rings. The first-order valence-corrected chi connectivity index (χ1v) is 10.3. The maximum atomic E-state index is 15.1. The quantitative estimate of drug-likeness (QED) is 0.809. The van der Waals surface area contributed by atoms with Gasteiger partial charge in [-0.3, -0.25) is 4.72 Å². The molecule has 1 N–H and O–H groups in total. The van der Waals surface area contributed by atoms with Crippen molar-refractivity contribution in [1.29, 1.82) is 0 Å². The van der Waals surface area contributed by atoms with E-state index in [-0.39, 0.29) is 11.2 Å². The van der Waals surface area contributed by atoms with Gasteiger partial charge >= 0.3 is 17.3 Å². The topological polar surface area (TPSA) is 67.9 Å². The van der Waals surface area contributed by atoms with Crippen molar-refractivity contribution in [3.63, 3.8) is 0 Å². The van der Waals surface area contributed by atoms with Crippen LogP contribution in [0.3, 0.4) is 0 Å². The second kappa shape index (κ2) is 6.47. The van der Waals surface area contributed by atoms with Gasteiger partial charge in [0.15, 0.2) is 0 Å². The van der Waals surface area contributed by atoms with Gasteiger partial charge in [0, 0.05) is 18.6 Å². The minimum absolute atomic E-state index is 0.0818. The van der Waals surface area contributed by atoms with E-state index in [1.165, 1.54) is 10.4 Å². The molecule has 26 heavy (non-hydrogen) atoms. The van der Waals surface area contributed by atoms with Crippen LogP contribution >= 0.6 is 0 Å². The average Bonchev–Trinajstić information content (AvgIpc) is 3.10. The molecule has 0 unspecified atom stereocenters. The van der Waals surface area contributed by atoms with E-state index in [0.717, 1.165) is 18.4 Å². The summed E-state index contributed by atoms with van der Waals surface area (Å²) in [5.74, 6) is -0.670. The fourth-order valence-corrected chi connectivity index (χ4v) is 4.44. The van der Waals surface area contributed by atoms with E-state index in [4.69, 9.17) is 9.31 Å². The first-order chi connectivity index (χ1) is 11.9. The number of rotatable bonds is 4. The Balaban J connectivity index is 1.93. The van der Waals surface area contributed by atoms with Crippen LogP contribution in [0.5, 0.6) is 0 Å². The summed E-state index contributed by atoms with van der Waals surface area (Å²) < 4.78 is 55.7. The maximum absolute atomic E-state index is 15.1. The Bertz CT molecular complexity index is 791. The highest BCUT2D eigenvalue weighted by Gasteiger charge is 2.52. The van der Waals surface area contributed by atoms with Crippen molar-refractivity contribution in [2.24, 2.45) is 0 Å². The molecule has 2 heterocycles. The molecule has 2 aliphatic heterocycles. The molecule has 0 saturated carbocycles. The van der Waals surface area contributed by atoms with Crippen LogP contribution in [0.25, 0.3) is 0 Å². The highest BCUT2D eigenvalue weighted by molar-refractivity contribution is 7.90. The predicted octanol–water partition coefficient (Wildman–Crippen LogP) is 2.19. The summed E-state index contributed by atoms with van der Waals surface area (Å²) in [4.78, 5) is 0. The Hall–Kier alpha value is -1.16. The van der Waals surface area contributed by atoms with Gasteiger partial charge in [-0.05, 0) is 59.1 Å². The standard InChI is InChI=1S/C17H26BFN2O4S/c1-12-10-13(18-24-16(2,3)17(4,5)25-18)15(19)14(11-12)20-26(22,23)21-8-6-7-9-21/h10-11,20H,6-9H2,1-5H3. The van der Waals surface area contributed by atoms with Crippen LogP contribution in [0, 0.1) is 12.7 Å². The summed E-state index contributed by atoms with van der Waals surface area (Å²) in [5.41, 5.74) is -0.383. The van der Waals surface area contributed by atoms with E-state index in [1.54, 1.807) is 13.0 Å². The molecule has 0 spiro atoms. The van der Waals surface area contributed by atoms with E-state index in [2.05, 4.69) is 4.72 Å². The van der Waals surface area contributed by atoms with Gasteiger partial charge in [0.2, 0.25) is 0 Å². The summed E-state index contributed by atoms with van der Waals surface area (Å²) in [6, 6.07) is 3.11. The molecule has 3 rings (SSSR count). The van der Waals surface area contributed by atoms with Crippen LogP contribution in [0.15, 0.2) is 12.1 Å². The summed E-state index contributed by atoms with van der Waals surface area (Å²) in [6.07, 6.45) is 1.63. The molecule has 6 nitrogen and oxygen atoms in total. The van der Waals surface area contributed by atoms with Gasteiger partial charge in [0.25, 0.3) is 0 Å². The zero-order valence-corrected chi connectivity index (χ0v) is 16.7. The number of aryl methyl sites for hydroxylation is 1. The first kappa shape index (κ1) is 19.6. The van der Waals surface area contributed by atoms with Crippen molar-refractivity contribution >= 4 is 28.5 Å².